The molecule has 0 spiro atoms. The van der Waals surface area contributed by atoms with Gasteiger partial charge >= 0.3 is 0 Å². The second kappa shape index (κ2) is 7.82. The molecule has 3 heteroatoms. The third-order valence-electron chi connectivity index (χ3n) is 4.40. The van der Waals surface area contributed by atoms with Crippen molar-refractivity contribution in [3.63, 3.8) is 0 Å². The van der Waals surface area contributed by atoms with Gasteiger partial charge in [-0.25, -0.2) is 0 Å². The first-order valence-corrected chi connectivity index (χ1v) is 8.54. The van der Waals surface area contributed by atoms with Gasteiger partial charge in [-0.1, -0.05) is 36.4 Å². The second-order valence-corrected chi connectivity index (χ2v) is 6.42. The molecule has 3 rings (SSSR count). The minimum absolute atomic E-state index is 0.953. The maximum atomic E-state index is 4.03. The van der Waals surface area contributed by atoms with E-state index in [0.717, 1.165) is 25.0 Å². The van der Waals surface area contributed by atoms with E-state index in [1.54, 1.807) is 6.20 Å². The molecule has 0 amide bonds. The number of aromatic amines is 1. The summed E-state index contributed by atoms with van der Waals surface area (Å²) in [4.78, 5) is 2.13. The lowest BCUT2D eigenvalue weighted by Gasteiger charge is -2.12. The first-order chi connectivity index (χ1) is 11.7. The van der Waals surface area contributed by atoms with E-state index >= 15 is 0 Å². The molecule has 0 aliphatic heterocycles. The van der Waals surface area contributed by atoms with Crippen molar-refractivity contribution in [3.8, 4) is 0 Å². The van der Waals surface area contributed by atoms with Crippen molar-refractivity contribution in [3.05, 3.63) is 77.7 Å². The summed E-state index contributed by atoms with van der Waals surface area (Å²) in [5.74, 6) is 0. The molecule has 2 aromatic rings. The smallest absolute Gasteiger partial charge is 0.0612 e. The molecule has 0 unspecified atom stereocenters. The number of aryl methyl sites for hydroxylation is 1. The van der Waals surface area contributed by atoms with Gasteiger partial charge in [0.2, 0.25) is 0 Å². The number of anilines is 1. The van der Waals surface area contributed by atoms with Crippen LogP contribution in [0.5, 0.6) is 0 Å². The first-order valence-electron chi connectivity index (χ1n) is 8.54. The van der Waals surface area contributed by atoms with Crippen molar-refractivity contribution in [1.82, 2.24) is 10.2 Å². The van der Waals surface area contributed by atoms with Crippen molar-refractivity contribution in [2.24, 2.45) is 0 Å². The Labute approximate surface area is 144 Å². The van der Waals surface area contributed by atoms with E-state index in [9.17, 15) is 0 Å². The lowest BCUT2D eigenvalue weighted by Crippen LogP contribution is -2.08. The van der Waals surface area contributed by atoms with Gasteiger partial charge in [0.1, 0.15) is 0 Å². The number of rotatable bonds is 6. The number of aromatic nitrogens is 2. The Morgan fingerprint density at radius 1 is 1.04 bits per heavy atom. The number of hydrogen-bond donors (Lipinski definition) is 1. The van der Waals surface area contributed by atoms with Crippen molar-refractivity contribution in [2.75, 3.05) is 19.0 Å². The van der Waals surface area contributed by atoms with Crippen LogP contribution in [-0.4, -0.2) is 24.3 Å². The SMILES string of the molecule is CN(C)c1ccc(CCCC2=CC=C(c3ccn[nH]3)CC=C2)cc1. The molecule has 0 radical (unpaired) electrons. The highest BCUT2D eigenvalue weighted by Crippen LogP contribution is 2.22. The summed E-state index contributed by atoms with van der Waals surface area (Å²) in [6, 6.07) is 10.9. The van der Waals surface area contributed by atoms with Gasteiger partial charge in [-0.3, -0.25) is 5.10 Å². The molecule has 1 heterocycles. The van der Waals surface area contributed by atoms with Crippen LogP contribution in [0.2, 0.25) is 0 Å². The molecule has 0 bridgehead atoms. The van der Waals surface area contributed by atoms with E-state index in [1.165, 1.54) is 28.8 Å². The van der Waals surface area contributed by atoms with Crippen LogP contribution in [0.3, 0.4) is 0 Å². The van der Waals surface area contributed by atoms with E-state index in [2.05, 4.69) is 77.8 Å². The number of H-pyrrole nitrogens is 1. The Morgan fingerprint density at radius 3 is 2.58 bits per heavy atom. The number of nitrogens with zero attached hydrogens (tertiary/aromatic N) is 2. The fourth-order valence-corrected chi connectivity index (χ4v) is 2.93. The average Bonchev–Trinajstić information content (AvgIpc) is 3.02. The van der Waals surface area contributed by atoms with Gasteiger partial charge in [0.05, 0.1) is 5.69 Å². The molecule has 1 aliphatic rings. The standard InChI is InChI=1S/C21H25N3/c1-24(2)20-13-10-18(11-14-20)6-3-5-17-7-4-8-19(12-9-17)21-15-16-22-23-21/h4,7,9-16H,3,5-6,8H2,1-2H3,(H,22,23). The fraction of sp³-hybridized carbons (Fsp3) is 0.286. The van der Waals surface area contributed by atoms with Crippen molar-refractivity contribution in [1.29, 1.82) is 0 Å². The summed E-state index contributed by atoms with van der Waals surface area (Å²) in [7, 11) is 4.15. The van der Waals surface area contributed by atoms with Crippen molar-refractivity contribution < 1.29 is 0 Å². The van der Waals surface area contributed by atoms with Crippen LogP contribution in [0.25, 0.3) is 5.57 Å². The summed E-state index contributed by atoms with van der Waals surface area (Å²) in [5.41, 5.74) is 6.46. The normalized spacial score (nSPS) is 14.1. The fourth-order valence-electron chi connectivity index (χ4n) is 2.93. The molecular weight excluding hydrogens is 294 g/mol. The third-order valence-corrected chi connectivity index (χ3v) is 4.40. The maximum Gasteiger partial charge on any atom is 0.0612 e. The van der Waals surface area contributed by atoms with Crippen LogP contribution in [-0.2, 0) is 6.42 Å². The molecule has 0 atom stereocenters. The Kier molecular flexibility index (Phi) is 5.32. The summed E-state index contributed by atoms with van der Waals surface area (Å²) in [6.45, 7) is 0. The lowest BCUT2D eigenvalue weighted by molar-refractivity contribution is 0.823. The zero-order valence-electron chi connectivity index (χ0n) is 14.5. The van der Waals surface area contributed by atoms with Gasteiger partial charge in [0.25, 0.3) is 0 Å². The molecule has 24 heavy (non-hydrogen) atoms. The molecule has 0 fully saturated rings. The molecule has 1 aromatic heterocycles. The quantitative estimate of drug-likeness (QED) is 0.832. The van der Waals surface area contributed by atoms with E-state index in [4.69, 9.17) is 0 Å². The highest BCUT2D eigenvalue weighted by Gasteiger charge is 2.04. The van der Waals surface area contributed by atoms with E-state index in [1.807, 2.05) is 6.07 Å². The monoisotopic (exact) mass is 319 g/mol. The van der Waals surface area contributed by atoms with E-state index in [0.29, 0.717) is 0 Å². The number of benzene rings is 1. The first kappa shape index (κ1) is 16.3. The van der Waals surface area contributed by atoms with Gasteiger partial charge in [-0.2, -0.15) is 5.10 Å². The van der Waals surface area contributed by atoms with Crippen LogP contribution >= 0.6 is 0 Å². The van der Waals surface area contributed by atoms with Crippen LogP contribution < -0.4 is 4.90 Å². The molecule has 1 aliphatic carbocycles. The van der Waals surface area contributed by atoms with Crippen LogP contribution in [0, 0.1) is 0 Å². The zero-order chi connectivity index (χ0) is 16.8. The zero-order valence-corrected chi connectivity index (χ0v) is 14.5. The second-order valence-electron chi connectivity index (χ2n) is 6.42. The molecule has 0 saturated heterocycles. The molecular formula is C21H25N3. The van der Waals surface area contributed by atoms with Crippen LogP contribution in [0.1, 0.15) is 30.5 Å². The van der Waals surface area contributed by atoms with E-state index < -0.39 is 0 Å². The number of hydrogen-bond acceptors (Lipinski definition) is 2. The van der Waals surface area contributed by atoms with E-state index in [-0.39, 0.29) is 0 Å². The molecule has 1 N–H and O–H groups in total. The minimum Gasteiger partial charge on any atom is -0.378 e. The van der Waals surface area contributed by atoms with Gasteiger partial charge in [-0.05, 0) is 60.6 Å². The maximum absolute atomic E-state index is 4.03. The Balaban J connectivity index is 1.54. The predicted octanol–water partition coefficient (Wildman–Crippen LogP) is 4.77. The largest absolute Gasteiger partial charge is 0.378 e. The number of nitrogens with one attached hydrogen (secondary N) is 1. The highest BCUT2D eigenvalue weighted by molar-refractivity contribution is 5.66. The van der Waals surface area contributed by atoms with Gasteiger partial charge < -0.3 is 4.90 Å². The topological polar surface area (TPSA) is 31.9 Å². The minimum atomic E-state index is 0.953. The summed E-state index contributed by atoms with van der Waals surface area (Å²) >= 11 is 0. The molecule has 0 saturated carbocycles. The average molecular weight is 319 g/mol. The third kappa shape index (κ3) is 4.25. The van der Waals surface area contributed by atoms with Crippen LogP contribution in [0.15, 0.2) is 66.4 Å². The Hall–Kier alpha value is -2.55. The molecule has 3 nitrogen and oxygen atoms in total. The molecule has 1 aromatic carbocycles. The summed E-state index contributed by atoms with van der Waals surface area (Å²) < 4.78 is 0. The van der Waals surface area contributed by atoms with Crippen LogP contribution in [0.4, 0.5) is 5.69 Å². The van der Waals surface area contributed by atoms with Gasteiger partial charge in [0, 0.05) is 26.0 Å². The number of allylic oxidation sites excluding steroid dienone is 6. The van der Waals surface area contributed by atoms with Gasteiger partial charge in [0.15, 0.2) is 0 Å². The van der Waals surface area contributed by atoms with Gasteiger partial charge in [-0.15, -0.1) is 0 Å². The lowest BCUT2D eigenvalue weighted by atomic mass is 10.0. The van der Waals surface area contributed by atoms with Crippen molar-refractivity contribution >= 4 is 11.3 Å². The predicted molar refractivity (Wildman–Crippen MR) is 102 cm³/mol. The summed E-state index contributed by atoms with van der Waals surface area (Å²) in [5, 5.41) is 7.08. The van der Waals surface area contributed by atoms with Crippen molar-refractivity contribution in [2.45, 2.75) is 25.7 Å². The Morgan fingerprint density at radius 2 is 1.88 bits per heavy atom. The Bertz CT molecular complexity index is 732. The highest BCUT2D eigenvalue weighted by atomic mass is 15.1. The molecule has 124 valence electrons. The summed E-state index contributed by atoms with van der Waals surface area (Å²) in [6.07, 6.45) is 15.1.